The Bertz CT molecular complexity index is 1070. The lowest BCUT2D eigenvalue weighted by Gasteiger charge is -2.14. The first-order chi connectivity index (χ1) is 14.4. The Morgan fingerprint density at radius 1 is 1.17 bits per heavy atom. The number of nitrogens with zero attached hydrogens (tertiary/aromatic N) is 3. The molecule has 0 fully saturated rings. The van der Waals surface area contributed by atoms with Gasteiger partial charge in [-0.3, -0.25) is 9.59 Å². The van der Waals surface area contributed by atoms with Gasteiger partial charge in [-0.1, -0.05) is 47.6 Å². The highest BCUT2D eigenvalue weighted by Crippen LogP contribution is 2.21. The minimum atomic E-state index is -0.500. The monoisotopic (exact) mass is 447 g/mol. The molecule has 0 saturated heterocycles. The van der Waals surface area contributed by atoms with E-state index in [0.29, 0.717) is 21.6 Å². The molecule has 0 radical (unpaired) electrons. The predicted octanol–water partition coefficient (Wildman–Crippen LogP) is 3.83. The van der Waals surface area contributed by atoms with Crippen molar-refractivity contribution in [3.05, 3.63) is 70.8 Å². The number of anilines is 1. The average molecular weight is 448 g/mol. The highest BCUT2D eigenvalue weighted by molar-refractivity contribution is 7.99. The van der Waals surface area contributed by atoms with E-state index in [1.54, 1.807) is 54.9 Å². The molecule has 3 aromatic rings. The van der Waals surface area contributed by atoms with Crippen molar-refractivity contribution in [3.8, 4) is 0 Å². The van der Waals surface area contributed by atoms with Gasteiger partial charge in [0.25, 0.3) is 5.91 Å². The van der Waals surface area contributed by atoms with Gasteiger partial charge in [0.15, 0.2) is 11.0 Å². The van der Waals surface area contributed by atoms with Crippen molar-refractivity contribution >= 4 is 40.9 Å². The molecule has 2 amide bonds. The fraction of sp³-hybridized carbons (Fsp3) is 0.200. The quantitative estimate of drug-likeness (QED) is 0.537. The van der Waals surface area contributed by atoms with Crippen molar-refractivity contribution in [2.45, 2.75) is 18.1 Å². The van der Waals surface area contributed by atoms with Crippen molar-refractivity contribution in [2.24, 2.45) is 7.05 Å². The maximum Gasteiger partial charge on any atom is 0.253 e. The molecular weight excluding hydrogens is 429 g/mol. The molecule has 0 saturated carbocycles. The maximum absolute atomic E-state index is 13.6. The van der Waals surface area contributed by atoms with E-state index in [9.17, 15) is 14.0 Å². The van der Waals surface area contributed by atoms with Crippen LogP contribution in [0.15, 0.2) is 53.7 Å². The zero-order chi connectivity index (χ0) is 21.7. The molecule has 1 aromatic heterocycles. The SMILES string of the molecule is C[C@H](NC(=O)c1ccccc1Cl)c1nnc(SCC(=O)Nc2ccccc2F)n1C. The van der Waals surface area contributed by atoms with Crippen molar-refractivity contribution in [2.75, 3.05) is 11.1 Å². The van der Waals surface area contributed by atoms with Crippen LogP contribution in [0.4, 0.5) is 10.1 Å². The number of thioether (sulfide) groups is 1. The van der Waals surface area contributed by atoms with Gasteiger partial charge in [-0.25, -0.2) is 4.39 Å². The van der Waals surface area contributed by atoms with E-state index in [1.165, 1.54) is 12.1 Å². The second kappa shape index (κ2) is 9.73. The molecule has 1 atom stereocenters. The molecule has 156 valence electrons. The predicted molar refractivity (Wildman–Crippen MR) is 114 cm³/mol. The number of para-hydroxylation sites is 1. The Morgan fingerprint density at radius 3 is 2.60 bits per heavy atom. The van der Waals surface area contributed by atoms with Crippen LogP contribution in [-0.4, -0.2) is 32.3 Å². The topological polar surface area (TPSA) is 88.9 Å². The highest BCUT2D eigenvalue weighted by atomic mass is 35.5. The zero-order valence-corrected chi connectivity index (χ0v) is 17.8. The summed E-state index contributed by atoms with van der Waals surface area (Å²) in [5.41, 5.74) is 0.491. The van der Waals surface area contributed by atoms with Gasteiger partial charge in [0.05, 0.1) is 28.1 Å². The van der Waals surface area contributed by atoms with E-state index in [1.807, 2.05) is 0 Å². The van der Waals surface area contributed by atoms with Gasteiger partial charge in [-0.15, -0.1) is 10.2 Å². The van der Waals surface area contributed by atoms with Crippen LogP contribution in [0.2, 0.25) is 5.02 Å². The first-order valence-electron chi connectivity index (χ1n) is 8.98. The lowest BCUT2D eigenvalue weighted by molar-refractivity contribution is -0.113. The molecule has 10 heteroatoms. The van der Waals surface area contributed by atoms with Gasteiger partial charge in [0, 0.05) is 7.05 Å². The first kappa shape index (κ1) is 21.8. The summed E-state index contributed by atoms with van der Waals surface area (Å²) in [6.07, 6.45) is 0. The van der Waals surface area contributed by atoms with Crippen LogP contribution in [-0.2, 0) is 11.8 Å². The van der Waals surface area contributed by atoms with E-state index < -0.39 is 11.9 Å². The molecule has 2 aromatic carbocycles. The summed E-state index contributed by atoms with van der Waals surface area (Å²) >= 11 is 7.22. The van der Waals surface area contributed by atoms with Crippen LogP contribution in [0.5, 0.6) is 0 Å². The van der Waals surface area contributed by atoms with E-state index >= 15 is 0 Å². The normalized spacial score (nSPS) is 11.7. The lowest BCUT2D eigenvalue weighted by atomic mass is 10.2. The second-order valence-corrected chi connectivity index (χ2v) is 7.74. The summed E-state index contributed by atoms with van der Waals surface area (Å²) in [6.45, 7) is 1.78. The molecule has 2 N–H and O–H groups in total. The number of rotatable bonds is 7. The standard InChI is InChI=1S/C20H19ClFN5O2S/c1-12(23-19(29)13-7-3-4-8-14(13)21)18-25-26-20(27(18)2)30-11-17(28)24-16-10-6-5-9-15(16)22/h3-10,12H,11H2,1-2H3,(H,23,29)(H,24,28)/t12-/m0/s1. The number of nitrogens with one attached hydrogen (secondary N) is 2. The third-order valence-corrected chi connectivity index (χ3v) is 5.55. The molecule has 0 bridgehead atoms. The molecule has 1 heterocycles. The molecule has 7 nitrogen and oxygen atoms in total. The number of carbonyl (C=O) groups is 2. The van der Waals surface area contributed by atoms with Crippen LogP contribution in [0.1, 0.15) is 29.1 Å². The van der Waals surface area contributed by atoms with Gasteiger partial charge >= 0.3 is 0 Å². The molecule has 0 spiro atoms. The van der Waals surface area contributed by atoms with Crippen molar-refractivity contribution in [1.29, 1.82) is 0 Å². The van der Waals surface area contributed by atoms with Crippen LogP contribution in [0.3, 0.4) is 0 Å². The molecule has 0 unspecified atom stereocenters. The summed E-state index contributed by atoms with van der Waals surface area (Å²) in [6, 6.07) is 12.3. The van der Waals surface area contributed by atoms with Gasteiger partial charge < -0.3 is 15.2 Å². The minimum absolute atomic E-state index is 0.0284. The van der Waals surface area contributed by atoms with Crippen LogP contribution in [0.25, 0.3) is 0 Å². The Labute approximate surface area is 182 Å². The summed E-state index contributed by atoms with van der Waals surface area (Å²) in [5.74, 6) is -0.641. The summed E-state index contributed by atoms with van der Waals surface area (Å²) < 4.78 is 15.3. The number of halogens is 2. The van der Waals surface area contributed by atoms with Gasteiger partial charge in [-0.05, 0) is 31.2 Å². The number of carbonyl (C=O) groups excluding carboxylic acids is 2. The Morgan fingerprint density at radius 2 is 1.87 bits per heavy atom. The van der Waals surface area contributed by atoms with Crippen molar-refractivity contribution < 1.29 is 14.0 Å². The third-order valence-electron chi connectivity index (χ3n) is 4.20. The number of aromatic nitrogens is 3. The fourth-order valence-corrected chi connectivity index (χ4v) is 3.63. The lowest BCUT2D eigenvalue weighted by Crippen LogP contribution is -2.28. The molecule has 0 aliphatic heterocycles. The summed E-state index contributed by atoms with van der Waals surface area (Å²) in [5, 5.41) is 14.4. The number of hydrogen-bond acceptors (Lipinski definition) is 5. The van der Waals surface area contributed by atoms with E-state index in [-0.39, 0.29) is 23.3 Å². The maximum atomic E-state index is 13.6. The van der Waals surface area contributed by atoms with Gasteiger partial charge in [0.1, 0.15) is 5.82 Å². The Kier molecular flexibility index (Phi) is 7.07. The van der Waals surface area contributed by atoms with Crippen LogP contribution < -0.4 is 10.6 Å². The van der Waals surface area contributed by atoms with E-state index in [4.69, 9.17) is 11.6 Å². The summed E-state index contributed by atoms with van der Waals surface area (Å²) in [7, 11) is 1.74. The zero-order valence-electron chi connectivity index (χ0n) is 16.2. The smallest absolute Gasteiger partial charge is 0.253 e. The number of hydrogen-bond donors (Lipinski definition) is 2. The molecular formula is C20H19ClFN5O2S. The van der Waals surface area contributed by atoms with Crippen LogP contribution in [0, 0.1) is 5.82 Å². The summed E-state index contributed by atoms with van der Waals surface area (Å²) in [4.78, 5) is 24.5. The molecule has 0 aliphatic rings. The molecule has 3 rings (SSSR count). The largest absolute Gasteiger partial charge is 0.342 e. The Balaban J connectivity index is 1.60. The van der Waals surface area contributed by atoms with Crippen molar-refractivity contribution in [1.82, 2.24) is 20.1 Å². The fourth-order valence-electron chi connectivity index (χ4n) is 2.69. The Hall–Kier alpha value is -2.91. The third kappa shape index (κ3) is 5.17. The van der Waals surface area contributed by atoms with Crippen molar-refractivity contribution in [3.63, 3.8) is 0 Å². The first-order valence-corrected chi connectivity index (χ1v) is 10.3. The number of amides is 2. The molecule has 0 aliphatic carbocycles. The van der Waals surface area contributed by atoms with E-state index in [2.05, 4.69) is 20.8 Å². The minimum Gasteiger partial charge on any atom is -0.342 e. The van der Waals surface area contributed by atoms with Crippen LogP contribution >= 0.6 is 23.4 Å². The number of benzene rings is 2. The van der Waals surface area contributed by atoms with E-state index in [0.717, 1.165) is 11.8 Å². The van der Waals surface area contributed by atoms with Gasteiger partial charge in [-0.2, -0.15) is 0 Å². The second-order valence-electron chi connectivity index (χ2n) is 6.39. The highest BCUT2D eigenvalue weighted by Gasteiger charge is 2.20. The average Bonchev–Trinajstić information content (AvgIpc) is 3.09. The molecule has 30 heavy (non-hydrogen) atoms. The van der Waals surface area contributed by atoms with Gasteiger partial charge in [0.2, 0.25) is 5.91 Å².